The van der Waals surface area contributed by atoms with Gasteiger partial charge in [0.2, 0.25) is 0 Å². The Labute approximate surface area is 97.6 Å². The first-order valence-corrected chi connectivity index (χ1v) is 5.81. The molecule has 1 saturated heterocycles. The van der Waals surface area contributed by atoms with E-state index < -0.39 is 5.97 Å². The minimum atomic E-state index is -0.709. The van der Waals surface area contributed by atoms with Crippen LogP contribution in [0.4, 0.5) is 0 Å². The quantitative estimate of drug-likeness (QED) is 0.697. The first-order chi connectivity index (χ1) is 7.50. The highest BCUT2D eigenvalue weighted by molar-refractivity contribution is 5.73. The molecule has 1 fully saturated rings. The molecule has 1 heterocycles. The van der Waals surface area contributed by atoms with Crippen LogP contribution >= 0.6 is 0 Å². The van der Waals surface area contributed by atoms with Crippen LogP contribution in [0, 0.1) is 0 Å². The van der Waals surface area contributed by atoms with Crippen molar-refractivity contribution in [3.05, 3.63) is 0 Å². The molecule has 0 aromatic heterocycles. The first kappa shape index (κ1) is 13.4. The fourth-order valence-electron chi connectivity index (χ4n) is 2.01. The average Bonchev–Trinajstić information content (AvgIpc) is 2.19. The van der Waals surface area contributed by atoms with Gasteiger partial charge in [-0.25, -0.2) is 0 Å². The van der Waals surface area contributed by atoms with Gasteiger partial charge < -0.3 is 10.0 Å². The molecule has 0 saturated carbocycles. The van der Waals surface area contributed by atoms with E-state index in [1.54, 1.807) is 0 Å². The molecule has 5 nitrogen and oxygen atoms in total. The zero-order chi connectivity index (χ0) is 12.1. The molecule has 0 amide bonds. The van der Waals surface area contributed by atoms with E-state index in [0.29, 0.717) is 6.54 Å². The van der Waals surface area contributed by atoms with E-state index in [9.17, 15) is 4.79 Å². The third-order valence-corrected chi connectivity index (χ3v) is 3.10. The lowest BCUT2D eigenvalue weighted by molar-refractivity contribution is -0.145. The van der Waals surface area contributed by atoms with Crippen LogP contribution in [0.25, 0.3) is 0 Å². The normalized spacial score (nSPS) is 23.9. The van der Waals surface area contributed by atoms with Gasteiger partial charge in [-0.1, -0.05) is 0 Å². The van der Waals surface area contributed by atoms with E-state index in [2.05, 4.69) is 23.9 Å². The van der Waals surface area contributed by atoms with Crippen molar-refractivity contribution >= 4 is 5.97 Å². The van der Waals surface area contributed by atoms with E-state index in [1.807, 2.05) is 11.9 Å². The van der Waals surface area contributed by atoms with Gasteiger partial charge in [0.15, 0.2) is 0 Å². The first-order valence-electron chi connectivity index (χ1n) is 5.81. The highest BCUT2D eigenvalue weighted by Gasteiger charge is 2.29. The maximum atomic E-state index is 11.0. The average molecular weight is 229 g/mol. The lowest BCUT2D eigenvalue weighted by atomic mass is 10.1. The van der Waals surface area contributed by atoms with Gasteiger partial charge in [0.05, 0.1) is 0 Å². The predicted octanol–water partition coefficient (Wildman–Crippen LogP) is -0.361. The molecule has 16 heavy (non-hydrogen) atoms. The van der Waals surface area contributed by atoms with Crippen molar-refractivity contribution in [3.8, 4) is 0 Å². The Balaban J connectivity index is 2.31. The zero-order valence-corrected chi connectivity index (χ0v) is 10.5. The summed E-state index contributed by atoms with van der Waals surface area (Å²) >= 11 is 0. The molecule has 1 aliphatic rings. The number of carbonyl (C=O) groups is 1. The van der Waals surface area contributed by atoms with Gasteiger partial charge in [-0.15, -0.1) is 0 Å². The van der Waals surface area contributed by atoms with Crippen molar-refractivity contribution in [2.24, 2.45) is 0 Å². The summed E-state index contributed by atoms with van der Waals surface area (Å²) < 4.78 is 0. The Kier molecular flexibility index (Phi) is 5.18. The standard InChI is InChI=1S/C11H23N3O2/c1-12(2)5-4-6-14-8-7-13(3)10(9-14)11(15)16/h10H,4-9H2,1-3H3,(H,15,16). The second-order valence-corrected chi connectivity index (χ2v) is 4.79. The molecule has 0 radical (unpaired) electrons. The summed E-state index contributed by atoms with van der Waals surface area (Å²) in [5, 5.41) is 9.06. The summed E-state index contributed by atoms with van der Waals surface area (Å²) in [5.74, 6) is -0.709. The van der Waals surface area contributed by atoms with Crippen LogP contribution in [0.15, 0.2) is 0 Å². The van der Waals surface area contributed by atoms with Gasteiger partial charge in [0.25, 0.3) is 0 Å². The largest absolute Gasteiger partial charge is 0.480 e. The Morgan fingerprint density at radius 2 is 2.12 bits per heavy atom. The number of likely N-dealkylation sites (N-methyl/N-ethyl adjacent to an activating group) is 1. The van der Waals surface area contributed by atoms with Crippen LogP contribution in [-0.4, -0.2) is 85.7 Å². The molecular formula is C11H23N3O2. The van der Waals surface area contributed by atoms with Crippen molar-refractivity contribution in [2.75, 3.05) is 53.9 Å². The molecule has 0 spiro atoms. The molecule has 1 atom stereocenters. The molecule has 0 aromatic rings. The minimum Gasteiger partial charge on any atom is -0.480 e. The molecule has 1 aliphatic heterocycles. The van der Waals surface area contributed by atoms with Gasteiger partial charge in [-0.3, -0.25) is 14.6 Å². The summed E-state index contributed by atoms with van der Waals surface area (Å²) in [6.07, 6.45) is 1.10. The minimum absolute atomic E-state index is 0.340. The Bertz CT molecular complexity index is 233. The highest BCUT2D eigenvalue weighted by Crippen LogP contribution is 2.08. The number of hydrogen-bond donors (Lipinski definition) is 1. The molecule has 1 rings (SSSR count). The summed E-state index contributed by atoms with van der Waals surface area (Å²) in [6, 6.07) is -0.340. The summed E-state index contributed by atoms with van der Waals surface area (Å²) in [5.41, 5.74) is 0. The van der Waals surface area contributed by atoms with E-state index in [0.717, 1.165) is 32.6 Å². The Morgan fingerprint density at radius 1 is 1.44 bits per heavy atom. The number of carboxylic acid groups (broad SMARTS) is 1. The number of piperazine rings is 1. The molecule has 0 aliphatic carbocycles. The van der Waals surface area contributed by atoms with Crippen molar-refractivity contribution in [2.45, 2.75) is 12.5 Å². The van der Waals surface area contributed by atoms with Crippen LogP contribution in [0.5, 0.6) is 0 Å². The second kappa shape index (κ2) is 6.18. The smallest absolute Gasteiger partial charge is 0.322 e. The van der Waals surface area contributed by atoms with E-state index in [-0.39, 0.29) is 6.04 Å². The van der Waals surface area contributed by atoms with Crippen LogP contribution in [0.2, 0.25) is 0 Å². The van der Waals surface area contributed by atoms with Crippen molar-refractivity contribution in [1.29, 1.82) is 0 Å². The van der Waals surface area contributed by atoms with Crippen molar-refractivity contribution in [3.63, 3.8) is 0 Å². The Morgan fingerprint density at radius 3 is 2.69 bits per heavy atom. The molecule has 0 aromatic carbocycles. The van der Waals surface area contributed by atoms with Crippen LogP contribution in [-0.2, 0) is 4.79 Å². The molecule has 1 unspecified atom stereocenters. The zero-order valence-electron chi connectivity index (χ0n) is 10.5. The van der Waals surface area contributed by atoms with Gasteiger partial charge in [0.1, 0.15) is 6.04 Å². The molecule has 1 N–H and O–H groups in total. The van der Waals surface area contributed by atoms with Crippen LogP contribution in [0.3, 0.4) is 0 Å². The topological polar surface area (TPSA) is 47.0 Å². The Hall–Kier alpha value is -0.650. The maximum Gasteiger partial charge on any atom is 0.322 e. The lowest BCUT2D eigenvalue weighted by Gasteiger charge is -2.37. The molecule has 0 bridgehead atoms. The third-order valence-electron chi connectivity index (χ3n) is 3.10. The summed E-state index contributed by atoms with van der Waals surface area (Å²) in [7, 11) is 6.00. The maximum absolute atomic E-state index is 11.0. The lowest BCUT2D eigenvalue weighted by Crippen LogP contribution is -2.55. The number of hydrogen-bond acceptors (Lipinski definition) is 4. The van der Waals surface area contributed by atoms with Crippen molar-refractivity contribution in [1.82, 2.24) is 14.7 Å². The van der Waals surface area contributed by atoms with Gasteiger partial charge in [-0.05, 0) is 40.7 Å². The van der Waals surface area contributed by atoms with Gasteiger partial charge in [-0.2, -0.15) is 0 Å². The van der Waals surface area contributed by atoms with Gasteiger partial charge >= 0.3 is 5.97 Å². The number of carboxylic acids is 1. The van der Waals surface area contributed by atoms with Gasteiger partial charge in [0, 0.05) is 19.6 Å². The monoisotopic (exact) mass is 229 g/mol. The SMILES string of the molecule is CN(C)CCCN1CCN(C)C(C(=O)O)C1. The van der Waals surface area contributed by atoms with Crippen LogP contribution in [0.1, 0.15) is 6.42 Å². The fraction of sp³-hybridized carbons (Fsp3) is 0.909. The third kappa shape index (κ3) is 4.08. The highest BCUT2D eigenvalue weighted by atomic mass is 16.4. The summed E-state index contributed by atoms with van der Waals surface area (Å²) in [6.45, 7) is 4.53. The van der Waals surface area contributed by atoms with Crippen molar-refractivity contribution < 1.29 is 9.90 Å². The van der Waals surface area contributed by atoms with E-state index >= 15 is 0 Å². The number of aliphatic carboxylic acids is 1. The second-order valence-electron chi connectivity index (χ2n) is 4.79. The fourth-order valence-corrected chi connectivity index (χ4v) is 2.01. The molecule has 5 heteroatoms. The number of rotatable bonds is 5. The van der Waals surface area contributed by atoms with E-state index in [4.69, 9.17) is 5.11 Å². The van der Waals surface area contributed by atoms with E-state index in [1.165, 1.54) is 0 Å². The molecular weight excluding hydrogens is 206 g/mol. The predicted molar refractivity (Wildman–Crippen MR) is 63.7 cm³/mol. The van der Waals surface area contributed by atoms with Crippen LogP contribution < -0.4 is 0 Å². The summed E-state index contributed by atoms with van der Waals surface area (Å²) in [4.78, 5) is 17.3. The molecule has 94 valence electrons. The number of nitrogens with zero attached hydrogens (tertiary/aromatic N) is 3.